The summed E-state index contributed by atoms with van der Waals surface area (Å²) in [6, 6.07) is 16.7. The molecule has 3 rings (SSSR count). The molecule has 2 atom stereocenters. The quantitative estimate of drug-likeness (QED) is 0.433. The maximum absolute atomic E-state index is 12.1. The van der Waals surface area contributed by atoms with E-state index in [0.717, 1.165) is 23.3 Å². The molecule has 0 aliphatic heterocycles. The molecule has 168 valence electrons. The molecule has 31 heavy (non-hydrogen) atoms. The summed E-state index contributed by atoms with van der Waals surface area (Å²) in [4.78, 5) is 12.1. The van der Waals surface area contributed by atoms with Crippen LogP contribution in [0.3, 0.4) is 0 Å². The minimum absolute atomic E-state index is 0.0174. The van der Waals surface area contributed by atoms with Gasteiger partial charge in [-0.15, -0.1) is 0 Å². The van der Waals surface area contributed by atoms with Crippen LogP contribution < -0.4 is 4.74 Å². The smallest absolute Gasteiger partial charge is 0.136 e. The van der Waals surface area contributed by atoms with Crippen molar-refractivity contribution in [2.45, 2.75) is 96.2 Å². The van der Waals surface area contributed by atoms with Crippen LogP contribution in [0.25, 0.3) is 0 Å². The third-order valence-corrected chi connectivity index (χ3v) is 6.62. The predicted molar refractivity (Wildman–Crippen MR) is 127 cm³/mol. The Morgan fingerprint density at radius 3 is 2.52 bits per heavy atom. The maximum atomic E-state index is 12.1. The molecule has 1 aliphatic carbocycles. The molecular weight excluding hydrogens is 384 g/mol. The number of ketones is 1. The Labute approximate surface area is 187 Å². The summed E-state index contributed by atoms with van der Waals surface area (Å²) in [6.07, 6.45) is 7.01. The number of rotatable bonds is 10. The van der Waals surface area contributed by atoms with Crippen LogP contribution in [0.2, 0.25) is 0 Å². The van der Waals surface area contributed by atoms with Crippen LogP contribution >= 0.6 is 0 Å². The lowest BCUT2D eigenvalue weighted by molar-refractivity contribution is -0.123. The van der Waals surface area contributed by atoms with E-state index < -0.39 is 6.10 Å². The van der Waals surface area contributed by atoms with Crippen molar-refractivity contribution >= 4 is 5.78 Å². The first-order chi connectivity index (χ1) is 14.9. The molecule has 2 aromatic rings. The van der Waals surface area contributed by atoms with E-state index in [-0.39, 0.29) is 23.5 Å². The van der Waals surface area contributed by atoms with Gasteiger partial charge >= 0.3 is 0 Å². The number of aliphatic hydroxyl groups excluding tert-OH is 1. The molecule has 0 heterocycles. The predicted octanol–water partition coefficient (Wildman–Crippen LogP) is 6.71. The molecule has 0 aromatic heterocycles. The van der Waals surface area contributed by atoms with Gasteiger partial charge in [-0.25, -0.2) is 0 Å². The summed E-state index contributed by atoms with van der Waals surface area (Å²) >= 11 is 0. The van der Waals surface area contributed by atoms with Crippen molar-refractivity contribution in [1.29, 1.82) is 0 Å². The van der Waals surface area contributed by atoms with E-state index in [9.17, 15) is 9.90 Å². The summed E-state index contributed by atoms with van der Waals surface area (Å²) in [5.41, 5.74) is 3.52. The number of hydrogen-bond donors (Lipinski definition) is 1. The number of unbranched alkanes of at least 4 members (excludes halogenated alkanes) is 3. The Hall–Kier alpha value is -2.13. The number of aliphatic hydroxyl groups is 1. The zero-order valence-electron chi connectivity index (χ0n) is 19.4. The van der Waals surface area contributed by atoms with Gasteiger partial charge in [0.1, 0.15) is 18.1 Å². The first kappa shape index (κ1) is 23.5. The van der Waals surface area contributed by atoms with Gasteiger partial charge in [0, 0.05) is 12.8 Å². The molecule has 1 aliphatic rings. The van der Waals surface area contributed by atoms with Gasteiger partial charge in [0.2, 0.25) is 0 Å². The topological polar surface area (TPSA) is 46.5 Å². The summed E-state index contributed by atoms with van der Waals surface area (Å²) in [5, 5.41) is 10.2. The van der Waals surface area contributed by atoms with Gasteiger partial charge in [0.05, 0.1) is 6.10 Å². The number of carbonyl (C=O) groups excluding carboxylic acids is 1. The summed E-state index contributed by atoms with van der Waals surface area (Å²) in [7, 11) is 0. The van der Waals surface area contributed by atoms with Crippen molar-refractivity contribution in [3.63, 3.8) is 0 Å². The zero-order chi connectivity index (χ0) is 22.3. The van der Waals surface area contributed by atoms with Gasteiger partial charge in [0.15, 0.2) is 0 Å². The number of benzene rings is 2. The minimum Gasteiger partial charge on any atom is -0.489 e. The monoisotopic (exact) mass is 422 g/mol. The molecule has 3 nitrogen and oxygen atoms in total. The summed E-state index contributed by atoms with van der Waals surface area (Å²) < 4.78 is 6.33. The van der Waals surface area contributed by atoms with Crippen molar-refractivity contribution in [1.82, 2.24) is 0 Å². The van der Waals surface area contributed by atoms with Crippen LogP contribution in [0.5, 0.6) is 5.75 Å². The fourth-order valence-electron chi connectivity index (χ4n) is 4.64. The van der Waals surface area contributed by atoms with Crippen LogP contribution in [0.4, 0.5) is 0 Å². The molecule has 1 N–H and O–H groups in total. The fourth-order valence-corrected chi connectivity index (χ4v) is 4.64. The number of Topliss-reactive ketones (excluding diaryl/α,β-unsaturated/α-hetero) is 1. The lowest BCUT2D eigenvalue weighted by Gasteiger charge is -2.30. The molecule has 1 fully saturated rings. The van der Waals surface area contributed by atoms with E-state index in [0.29, 0.717) is 19.4 Å². The van der Waals surface area contributed by atoms with E-state index in [1.807, 2.05) is 18.2 Å². The Morgan fingerprint density at radius 1 is 1.03 bits per heavy atom. The van der Waals surface area contributed by atoms with Gasteiger partial charge in [-0.2, -0.15) is 0 Å². The third-order valence-electron chi connectivity index (χ3n) is 6.62. The second kappa shape index (κ2) is 10.9. The number of ether oxygens (including phenoxy) is 1. The normalized spacial score (nSPS) is 19.4. The lowest BCUT2D eigenvalue weighted by Crippen LogP contribution is -2.25. The van der Waals surface area contributed by atoms with Gasteiger partial charge in [0.25, 0.3) is 0 Å². The highest BCUT2D eigenvalue weighted by atomic mass is 16.5. The van der Waals surface area contributed by atoms with Crippen LogP contribution in [-0.4, -0.2) is 17.0 Å². The molecule has 0 saturated heterocycles. The van der Waals surface area contributed by atoms with Crippen LogP contribution in [-0.2, 0) is 16.8 Å². The second-order valence-electron chi connectivity index (χ2n) is 9.75. The Morgan fingerprint density at radius 2 is 1.81 bits per heavy atom. The summed E-state index contributed by atoms with van der Waals surface area (Å²) in [5.74, 6) is 1.01. The van der Waals surface area contributed by atoms with Crippen molar-refractivity contribution in [2.75, 3.05) is 0 Å². The lowest BCUT2D eigenvalue weighted by atomic mass is 9.77. The molecule has 0 bridgehead atoms. The van der Waals surface area contributed by atoms with Crippen molar-refractivity contribution in [3.8, 4) is 5.75 Å². The fraction of sp³-hybridized carbons (Fsp3) is 0.536. The first-order valence-electron chi connectivity index (χ1n) is 11.9. The molecule has 1 saturated carbocycles. The highest BCUT2D eigenvalue weighted by Crippen LogP contribution is 2.40. The van der Waals surface area contributed by atoms with Crippen LogP contribution in [0, 0.1) is 0 Å². The molecule has 0 unspecified atom stereocenters. The van der Waals surface area contributed by atoms with Gasteiger partial charge in [-0.3, -0.25) is 4.79 Å². The Bertz CT molecular complexity index is 841. The van der Waals surface area contributed by atoms with Gasteiger partial charge in [-0.1, -0.05) is 88.9 Å². The van der Waals surface area contributed by atoms with Gasteiger partial charge in [-0.05, 0) is 46.9 Å². The van der Waals surface area contributed by atoms with Crippen molar-refractivity contribution in [2.24, 2.45) is 0 Å². The average molecular weight is 423 g/mol. The molecular formula is C28H38O3. The van der Waals surface area contributed by atoms with E-state index in [1.54, 1.807) is 0 Å². The molecule has 0 amide bonds. The SMILES string of the molecule is CCCCCCC(C)(C)c1ccc([C@@H]2CC(=O)C[C@H](O)C2)c(OCc2ccccc2)c1. The van der Waals surface area contributed by atoms with Crippen LogP contribution in [0.15, 0.2) is 48.5 Å². The summed E-state index contributed by atoms with van der Waals surface area (Å²) in [6.45, 7) is 7.36. The standard InChI is InChI=1S/C28H38O3/c1-4-5-6-10-15-28(2,3)23-13-14-26(22-16-24(29)19-25(30)17-22)27(18-23)31-20-21-11-8-7-9-12-21/h7-9,11-14,18,22,24,29H,4-6,10,15-17,19-20H2,1-3H3/t22-,24+/m0/s1. The average Bonchev–Trinajstić information content (AvgIpc) is 2.75. The minimum atomic E-state index is -0.553. The van der Waals surface area contributed by atoms with E-state index in [4.69, 9.17) is 4.74 Å². The van der Waals surface area contributed by atoms with E-state index >= 15 is 0 Å². The van der Waals surface area contributed by atoms with E-state index in [2.05, 4.69) is 51.1 Å². The van der Waals surface area contributed by atoms with E-state index in [1.165, 1.54) is 31.2 Å². The Balaban J connectivity index is 1.84. The molecule has 0 radical (unpaired) electrons. The number of hydrogen-bond acceptors (Lipinski definition) is 3. The largest absolute Gasteiger partial charge is 0.489 e. The van der Waals surface area contributed by atoms with Crippen molar-refractivity contribution < 1.29 is 14.6 Å². The van der Waals surface area contributed by atoms with Crippen molar-refractivity contribution in [3.05, 3.63) is 65.2 Å². The second-order valence-corrected chi connectivity index (χ2v) is 9.75. The molecule has 0 spiro atoms. The van der Waals surface area contributed by atoms with Gasteiger partial charge < -0.3 is 9.84 Å². The zero-order valence-corrected chi connectivity index (χ0v) is 19.4. The van der Waals surface area contributed by atoms with Crippen LogP contribution in [0.1, 0.15) is 94.7 Å². The first-order valence-corrected chi connectivity index (χ1v) is 11.9. The Kier molecular flexibility index (Phi) is 8.31. The molecule has 3 heteroatoms. The number of carbonyl (C=O) groups is 1. The molecule has 2 aromatic carbocycles. The maximum Gasteiger partial charge on any atom is 0.136 e. The third kappa shape index (κ3) is 6.67. The highest BCUT2D eigenvalue weighted by molar-refractivity contribution is 5.81. The highest BCUT2D eigenvalue weighted by Gasteiger charge is 2.30.